The van der Waals surface area contributed by atoms with Crippen LogP contribution in [0.2, 0.25) is 0 Å². The Morgan fingerprint density at radius 3 is 2.47 bits per heavy atom. The highest BCUT2D eigenvalue weighted by Crippen LogP contribution is 2.34. The number of hydrogen-bond donors (Lipinski definition) is 2. The third-order valence-electron chi connectivity index (χ3n) is 3.51. The lowest BCUT2D eigenvalue weighted by Gasteiger charge is -2.08. The van der Waals surface area contributed by atoms with Gasteiger partial charge in [0, 0.05) is 22.5 Å². The van der Waals surface area contributed by atoms with E-state index in [0.29, 0.717) is 0 Å². The third-order valence-corrected chi connectivity index (χ3v) is 3.51. The molecule has 0 aliphatic heterocycles. The summed E-state index contributed by atoms with van der Waals surface area (Å²) < 4.78 is 0. The molecule has 0 saturated carbocycles. The van der Waals surface area contributed by atoms with Crippen molar-refractivity contribution in [3.63, 3.8) is 0 Å². The van der Waals surface area contributed by atoms with E-state index in [-0.39, 0.29) is 6.04 Å². The van der Waals surface area contributed by atoms with Gasteiger partial charge in [-0.3, -0.25) is 0 Å². The quantitative estimate of drug-likeness (QED) is 0.704. The molecule has 0 saturated heterocycles. The second-order valence-electron chi connectivity index (χ2n) is 5.12. The molecule has 3 rings (SSSR count). The Bertz CT molecular complexity index is 709. The number of hydrogen-bond acceptors (Lipinski definition) is 1. The van der Waals surface area contributed by atoms with E-state index in [1.807, 2.05) is 13.0 Å². The summed E-state index contributed by atoms with van der Waals surface area (Å²) in [5, 5.41) is 1.23. The van der Waals surface area contributed by atoms with Crippen LogP contribution < -0.4 is 5.73 Å². The van der Waals surface area contributed by atoms with Gasteiger partial charge in [-0.2, -0.15) is 0 Å². The minimum Gasteiger partial charge on any atom is -0.354 e. The molecule has 0 bridgehead atoms. The van der Waals surface area contributed by atoms with Crippen molar-refractivity contribution in [2.75, 3.05) is 0 Å². The number of aromatic amines is 1. The summed E-state index contributed by atoms with van der Waals surface area (Å²) in [5.41, 5.74) is 12.1. The van der Waals surface area contributed by atoms with Crippen LogP contribution in [0.15, 0.2) is 48.5 Å². The predicted octanol–water partition coefficient (Wildman–Crippen LogP) is 4.16. The first-order valence-corrected chi connectivity index (χ1v) is 6.60. The van der Waals surface area contributed by atoms with E-state index in [9.17, 15) is 0 Å². The first kappa shape index (κ1) is 12.0. The Kier molecular flexibility index (Phi) is 2.88. The highest BCUT2D eigenvalue weighted by molar-refractivity contribution is 5.91. The molecule has 0 amide bonds. The molecule has 3 aromatic rings. The van der Waals surface area contributed by atoms with E-state index in [0.717, 1.165) is 11.2 Å². The lowest BCUT2D eigenvalue weighted by atomic mass is 9.99. The molecular weight excluding hydrogens is 232 g/mol. The van der Waals surface area contributed by atoms with Gasteiger partial charge in [0.2, 0.25) is 0 Å². The van der Waals surface area contributed by atoms with E-state index in [2.05, 4.69) is 54.4 Å². The lowest BCUT2D eigenvalue weighted by Crippen LogP contribution is -2.05. The van der Waals surface area contributed by atoms with Crippen molar-refractivity contribution in [2.45, 2.75) is 19.9 Å². The molecule has 0 aliphatic rings. The number of nitrogens with one attached hydrogen (secondary N) is 1. The molecule has 1 unspecified atom stereocenters. The summed E-state index contributed by atoms with van der Waals surface area (Å²) in [4.78, 5) is 3.51. The van der Waals surface area contributed by atoms with Crippen LogP contribution in [-0.4, -0.2) is 4.98 Å². The van der Waals surface area contributed by atoms with Crippen LogP contribution in [0.25, 0.3) is 22.2 Å². The second kappa shape index (κ2) is 4.56. The topological polar surface area (TPSA) is 41.8 Å². The number of rotatable bonds is 2. The van der Waals surface area contributed by atoms with Crippen LogP contribution in [-0.2, 0) is 0 Å². The molecule has 1 aromatic heterocycles. The fraction of sp³-hybridized carbons (Fsp3) is 0.176. The Hall–Kier alpha value is -2.06. The van der Waals surface area contributed by atoms with Crippen LogP contribution in [0.1, 0.15) is 24.1 Å². The zero-order valence-electron chi connectivity index (χ0n) is 11.3. The van der Waals surface area contributed by atoms with Gasteiger partial charge >= 0.3 is 0 Å². The Morgan fingerprint density at radius 1 is 1.05 bits per heavy atom. The first-order valence-electron chi connectivity index (χ1n) is 6.60. The van der Waals surface area contributed by atoms with Gasteiger partial charge in [0.25, 0.3) is 0 Å². The van der Waals surface area contributed by atoms with Crippen molar-refractivity contribution in [3.05, 3.63) is 59.7 Å². The van der Waals surface area contributed by atoms with Gasteiger partial charge < -0.3 is 10.7 Å². The van der Waals surface area contributed by atoms with Crippen molar-refractivity contribution in [3.8, 4) is 11.3 Å². The van der Waals surface area contributed by atoms with E-state index in [4.69, 9.17) is 5.73 Å². The van der Waals surface area contributed by atoms with Crippen LogP contribution in [0.4, 0.5) is 0 Å². The predicted molar refractivity (Wildman–Crippen MR) is 81.1 cm³/mol. The Balaban J connectivity index is 2.33. The minimum absolute atomic E-state index is 0.00533. The number of H-pyrrole nitrogens is 1. The van der Waals surface area contributed by atoms with Crippen LogP contribution in [0.5, 0.6) is 0 Å². The molecule has 1 heterocycles. The van der Waals surface area contributed by atoms with Crippen LogP contribution in [0, 0.1) is 6.92 Å². The maximum absolute atomic E-state index is 6.19. The number of fused-ring (bicyclic) bond motifs is 1. The average molecular weight is 250 g/mol. The second-order valence-corrected chi connectivity index (χ2v) is 5.12. The molecule has 2 aromatic carbocycles. The molecule has 1 atom stereocenters. The summed E-state index contributed by atoms with van der Waals surface area (Å²) in [6, 6.07) is 16.8. The highest BCUT2D eigenvalue weighted by Gasteiger charge is 2.15. The molecule has 96 valence electrons. The van der Waals surface area contributed by atoms with Crippen molar-refractivity contribution in [1.29, 1.82) is 0 Å². The van der Waals surface area contributed by atoms with E-state index < -0.39 is 0 Å². The fourth-order valence-corrected chi connectivity index (χ4v) is 2.63. The summed E-state index contributed by atoms with van der Waals surface area (Å²) >= 11 is 0. The van der Waals surface area contributed by atoms with Gasteiger partial charge in [-0.1, -0.05) is 42.0 Å². The van der Waals surface area contributed by atoms with Crippen LogP contribution in [0.3, 0.4) is 0 Å². The Morgan fingerprint density at radius 2 is 1.79 bits per heavy atom. The highest BCUT2D eigenvalue weighted by atomic mass is 14.7. The molecule has 0 fully saturated rings. The molecule has 0 spiro atoms. The number of nitrogens with two attached hydrogens (primary N) is 1. The van der Waals surface area contributed by atoms with Crippen LogP contribution >= 0.6 is 0 Å². The van der Waals surface area contributed by atoms with E-state index in [1.165, 1.54) is 22.1 Å². The molecule has 2 nitrogen and oxygen atoms in total. The van der Waals surface area contributed by atoms with Crippen molar-refractivity contribution < 1.29 is 0 Å². The molecular formula is C17H18N2. The van der Waals surface area contributed by atoms with Gasteiger partial charge in [0.05, 0.1) is 5.69 Å². The van der Waals surface area contributed by atoms with Gasteiger partial charge in [-0.25, -0.2) is 0 Å². The number of benzene rings is 2. The monoisotopic (exact) mass is 250 g/mol. The van der Waals surface area contributed by atoms with Crippen molar-refractivity contribution in [2.24, 2.45) is 5.73 Å². The average Bonchev–Trinajstić information content (AvgIpc) is 2.78. The normalized spacial score (nSPS) is 12.8. The number of aromatic nitrogens is 1. The molecule has 2 heteroatoms. The minimum atomic E-state index is 0.00533. The van der Waals surface area contributed by atoms with E-state index in [1.54, 1.807) is 0 Å². The van der Waals surface area contributed by atoms with Crippen molar-refractivity contribution >= 4 is 10.9 Å². The smallest absolute Gasteiger partial charge is 0.0513 e. The fourth-order valence-electron chi connectivity index (χ4n) is 2.63. The zero-order chi connectivity index (χ0) is 13.4. The maximum Gasteiger partial charge on any atom is 0.0513 e. The molecule has 19 heavy (non-hydrogen) atoms. The Labute approximate surface area is 113 Å². The van der Waals surface area contributed by atoms with Gasteiger partial charge in [-0.05, 0) is 31.5 Å². The maximum atomic E-state index is 6.19. The van der Waals surface area contributed by atoms with Crippen molar-refractivity contribution in [1.82, 2.24) is 4.98 Å². The molecule has 3 N–H and O–H groups in total. The first-order chi connectivity index (χ1) is 9.16. The summed E-state index contributed by atoms with van der Waals surface area (Å²) in [7, 11) is 0. The summed E-state index contributed by atoms with van der Waals surface area (Å²) in [6.45, 7) is 4.15. The summed E-state index contributed by atoms with van der Waals surface area (Å²) in [6.07, 6.45) is 0. The number of aryl methyl sites for hydroxylation is 1. The SMILES string of the molecule is Cc1ccc2[nH]c(-c3ccccc3)c(C(C)N)c2c1. The van der Waals surface area contributed by atoms with Gasteiger partial charge in [-0.15, -0.1) is 0 Å². The molecule has 0 aliphatic carbocycles. The standard InChI is InChI=1S/C17H18N2/c1-11-8-9-15-14(10-11)16(12(2)18)17(19-15)13-6-4-3-5-7-13/h3-10,12,19H,18H2,1-2H3. The summed E-state index contributed by atoms with van der Waals surface area (Å²) in [5.74, 6) is 0. The zero-order valence-corrected chi connectivity index (χ0v) is 11.3. The molecule has 0 radical (unpaired) electrons. The largest absolute Gasteiger partial charge is 0.354 e. The van der Waals surface area contributed by atoms with Gasteiger partial charge in [0.1, 0.15) is 0 Å². The third kappa shape index (κ3) is 2.04. The van der Waals surface area contributed by atoms with Gasteiger partial charge in [0.15, 0.2) is 0 Å². The lowest BCUT2D eigenvalue weighted by molar-refractivity contribution is 0.828. The van der Waals surface area contributed by atoms with E-state index >= 15 is 0 Å².